The van der Waals surface area contributed by atoms with Crippen molar-refractivity contribution in [3.05, 3.63) is 59.2 Å². The maximum atomic E-state index is 11.1. The van der Waals surface area contributed by atoms with E-state index in [9.17, 15) is 9.90 Å². The third-order valence-corrected chi connectivity index (χ3v) is 4.34. The van der Waals surface area contributed by atoms with Gasteiger partial charge in [-0.25, -0.2) is 0 Å². The van der Waals surface area contributed by atoms with Crippen LogP contribution in [0, 0.1) is 0 Å². The Hall–Kier alpha value is -2.29. The monoisotopic (exact) mass is 296 g/mol. The highest BCUT2D eigenvalue weighted by Gasteiger charge is 2.25. The van der Waals surface area contributed by atoms with Crippen LogP contribution < -0.4 is 4.74 Å². The van der Waals surface area contributed by atoms with Crippen molar-refractivity contribution in [2.24, 2.45) is 0 Å². The van der Waals surface area contributed by atoms with Crippen LogP contribution in [0.15, 0.2) is 42.5 Å². The van der Waals surface area contributed by atoms with E-state index >= 15 is 0 Å². The average Bonchev–Trinajstić information content (AvgIpc) is 3.08. The first kappa shape index (κ1) is 14.6. The second-order valence-electron chi connectivity index (χ2n) is 5.79. The zero-order valence-corrected chi connectivity index (χ0v) is 12.5. The number of benzene rings is 2. The first-order chi connectivity index (χ1) is 10.8. The van der Waals surface area contributed by atoms with Crippen LogP contribution in [-0.2, 0) is 6.61 Å². The first-order valence-corrected chi connectivity index (χ1v) is 7.77. The maximum Gasteiger partial charge on any atom is 0.153 e. The molecule has 0 saturated heterocycles. The van der Waals surface area contributed by atoms with Crippen molar-refractivity contribution in [2.45, 2.75) is 38.2 Å². The molecule has 0 unspecified atom stereocenters. The summed E-state index contributed by atoms with van der Waals surface area (Å²) >= 11 is 0. The van der Waals surface area contributed by atoms with Gasteiger partial charge in [0.2, 0.25) is 0 Å². The Morgan fingerprint density at radius 2 is 1.82 bits per heavy atom. The van der Waals surface area contributed by atoms with E-state index in [0.717, 1.165) is 36.8 Å². The summed E-state index contributed by atoms with van der Waals surface area (Å²) in [6.07, 6.45) is 5.10. The van der Waals surface area contributed by atoms with Gasteiger partial charge in [-0.05, 0) is 36.5 Å². The van der Waals surface area contributed by atoms with Crippen molar-refractivity contribution in [2.75, 3.05) is 0 Å². The van der Waals surface area contributed by atoms with Gasteiger partial charge in [-0.15, -0.1) is 0 Å². The molecule has 0 heterocycles. The lowest BCUT2D eigenvalue weighted by Gasteiger charge is -2.18. The topological polar surface area (TPSA) is 46.5 Å². The van der Waals surface area contributed by atoms with Crippen molar-refractivity contribution in [1.29, 1.82) is 0 Å². The molecule has 0 aromatic heterocycles. The molecule has 0 spiro atoms. The van der Waals surface area contributed by atoms with E-state index in [1.54, 1.807) is 12.1 Å². The van der Waals surface area contributed by atoms with Gasteiger partial charge in [0.25, 0.3) is 0 Å². The Balaban J connectivity index is 1.89. The van der Waals surface area contributed by atoms with Crippen LogP contribution in [0.1, 0.15) is 53.1 Å². The Morgan fingerprint density at radius 1 is 1.09 bits per heavy atom. The zero-order chi connectivity index (χ0) is 15.4. The average molecular weight is 296 g/mol. The predicted octanol–water partition coefficient (Wildman–Crippen LogP) is 4.44. The zero-order valence-electron chi connectivity index (χ0n) is 12.5. The van der Waals surface area contributed by atoms with Gasteiger partial charge in [-0.2, -0.15) is 0 Å². The standard InChI is InChI=1S/C19H20O3/c20-12-16-10-11-17(22-13-14-6-2-1-3-7-14)18(19(16)21)15-8-4-5-9-15/h1-3,6-7,10-12,15,21H,4-5,8-9,13H2. The molecule has 22 heavy (non-hydrogen) atoms. The number of hydrogen-bond donors (Lipinski definition) is 1. The Labute approximate surface area is 130 Å². The van der Waals surface area contributed by atoms with E-state index in [1.165, 1.54) is 0 Å². The van der Waals surface area contributed by atoms with Gasteiger partial charge in [0.05, 0.1) is 5.56 Å². The van der Waals surface area contributed by atoms with Crippen LogP contribution in [0.5, 0.6) is 11.5 Å². The van der Waals surface area contributed by atoms with E-state index < -0.39 is 0 Å². The molecule has 3 rings (SSSR count). The summed E-state index contributed by atoms with van der Waals surface area (Å²) in [7, 11) is 0. The van der Waals surface area contributed by atoms with E-state index in [-0.39, 0.29) is 11.7 Å². The maximum absolute atomic E-state index is 11.1. The van der Waals surface area contributed by atoms with Crippen molar-refractivity contribution < 1.29 is 14.6 Å². The predicted molar refractivity (Wildman–Crippen MR) is 85.5 cm³/mol. The molecule has 1 fully saturated rings. The largest absolute Gasteiger partial charge is 0.507 e. The fourth-order valence-corrected chi connectivity index (χ4v) is 3.17. The lowest BCUT2D eigenvalue weighted by Crippen LogP contribution is -2.03. The number of rotatable bonds is 5. The van der Waals surface area contributed by atoms with Crippen LogP contribution in [0.25, 0.3) is 0 Å². The number of hydrogen-bond acceptors (Lipinski definition) is 3. The number of carbonyl (C=O) groups excluding carboxylic acids is 1. The first-order valence-electron chi connectivity index (χ1n) is 7.77. The SMILES string of the molecule is O=Cc1ccc(OCc2ccccc2)c(C2CCCC2)c1O. The molecule has 1 aliphatic carbocycles. The quantitative estimate of drug-likeness (QED) is 0.830. The minimum atomic E-state index is 0.0902. The molecular formula is C19H20O3. The number of carbonyl (C=O) groups is 1. The lowest BCUT2D eigenvalue weighted by molar-refractivity contribution is 0.112. The van der Waals surface area contributed by atoms with Crippen molar-refractivity contribution >= 4 is 6.29 Å². The molecule has 3 heteroatoms. The Morgan fingerprint density at radius 3 is 2.50 bits per heavy atom. The number of ether oxygens (including phenoxy) is 1. The highest BCUT2D eigenvalue weighted by Crippen LogP contribution is 2.44. The van der Waals surface area contributed by atoms with E-state index in [0.29, 0.717) is 24.2 Å². The summed E-state index contributed by atoms with van der Waals surface area (Å²) in [6, 6.07) is 13.4. The minimum absolute atomic E-state index is 0.0902. The molecule has 0 radical (unpaired) electrons. The number of phenols is 1. The number of aromatic hydroxyl groups is 1. The molecule has 2 aromatic rings. The molecule has 0 bridgehead atoms. The highest BCUT2D eigenvalue weighted by molar-refractivity contribution is 5.81. The summed E-state index contributed by atoms with van der Waals surface area (Å²) in [5, 5.41) is 10.4. The lowest BCUT2D eigenvalue weighted by atomic mass is 9.93. The summed E-state index contributed by atoms with van der Waals surface area (Å²) in [5.41, 5.74) is 2.23. The highest BCUT2D eigenvalue weighted by atomic mass is 16.5. The van der Waals surface area contributed by atoms with E-state index in [1.807, 2.05) is 30.3 Å². The summed E-state index contributed by atoms with van der Waals surface area (Å²) in [6.45, 7) is 0.459. The second kappa shape index (κ2) is 6.65. The molecule has 1 saturated carbocycles. The van der Waals surface area contributed by atoms with Crippen LogP contribution >= 0.6 is 0 Å². The second-order valence-corrected chi connectivity index (χ2v) is 5.79. The third kappa shape index (κ3) is 2.98. The van der Waals surface area contributed by atoms with Gasteiger partial charge < -0.3 is 9.84 Å². The molecule has 0 amide bonds. The van der Waals surface area contributed by atoms with Gasteiger partial charge >= 0.3 is 0 Å². The number of phenolic OH excluding ortho intramolecular Hbond substituents is 1. The Kier molecular flexibility index (Phi) is 4.42. The smallest absolute Gasteiger partial charge is 0.153 e. The van der Waals surface area contributed by atoms with Gasteiger partial charge in [0.15, 0.2) is 6.29 Å². The fraction of sp³-hybridized carbons (Fsp3) is 0.316. The van der Waals surface area contributed by atoms with Crippen LogP contribution in [-0.4, -0.2) is 11.4 Å². The minimum Gasteiger partial charge on any atom is -0.507 e. The Bertz CT molecular complexity index is 643. The normalized spacial score (nSPS) is 14.9. The number of aldehydes is 1. The van der Waals surface area contributed by atoms with Crippen LogP contribution in [0.3, 0.4) is 0 Å². The molecule has 2 aromatic carbocycles. The molecule has 0 atom stereocenters. The summed E-state index contributed by atoms with van der Waals surface area (Å²) < 4.78 is 5.94. The summed E-state index contributed by atoms with van der Waals surface area (Å²) in [4.78, 5) is 11.1. The van der Waals surface area contributed by atoms with Gasteiger partial charge in [0, 0.05) is 5.56 Å². The van der Waals surface area contributed by atoms with Gasteiger partial charge in [-0.1, -0.05) is 43.2 Å². The van der Waals surface area contributed by atoms with Crippen molar-refractivity contribution in [3.63, 3.8) is 0 Å². The molecule has 114 valence electrons. The fourth-order valence-electron chi connectivity index (χ4n) is 3.17. The van der Waals surface area contributed by atoms with Gasteiger partial charge in [0.1, 0.15) is 18.1 Å². The van der Waals surface area contributed by atoms with Crippen molar-refractivity contribution in [1.82, 2.24) is 0 Å². The molecule has 3 nitrogen and oxygen atoms in total. The molecular weight excluding hydrogens is 276 g/mol. The van der Waals surface area contributed by atoms with Crippen LogP contribution in [0.4, 0.5) is 0 Å². The molecule has 0 aliphatic heterocycles. The van der Waals surface area contributed by atoms with Crippen molar-refractivity contribution in [3.8, 4) is 11.5 Å². The molecule has 1 N–H and O–H groups in total. The third-order valence-electron chi connectivity index (χ3n) is 4.34. The molecule has 1 aliphatic rings. The van der Waals surface area contributed by atoms with E-state index in [2.05, 4.69) is 0 Å². The van der Waals surface area contributed by atoms with E-state index in [4.69, 9.17) is 4.74 Å². The van der Waals surface area contributed by atoms with Gasteiger partial charge in [-0.3, -0.25) is 4.79 Å². The summed E-state index contributed by atoms with van der Waals surface area (Å²) in [5.74, 6) is 1.07. The van der Waals surface area contributed by atoms with Crippen LogP contribution in [0.2, 0.25) is 0 Å².